The lowest BCUT2D eigenvalue weighted by molar-refractivity contribution is -0.140. The lowest BCUT2D eigenvalue weighted by atomic mass is 9.85. The molecule has 2 bridgehead atoms. The Morgan fingerprint density at radius 1 is 1.06 bits per heavy atom. The highest BCUT2D eigenvalue weighted by Gasteiger charge is 2.58. The fourth-order valence-electron chi connectivity index (χ4n) is 6.39. The highest BCUT2D eigenvalue weighted by atomic mass is 16.2. The van der Waals surface area contributed by atoms with Crippen LogP contribution in [0.4, 0.5) is 0 Å². The first-order valence-corrected chi connectivity index (χ1v) is 12.3. The lowest BCUT2D eigenvalue weighted by Crippen LogP contribution is -2.50. The molecule has 1 saturated carbocycles. The number of aliphatic imine (C=N–C) groups is 1. The van der Waals surface area contributed by atoms with Gasteiger partial charge < -0.3 is 10.6 Å². The monoisotopic (exact) mass is 429 g/mol. The van der Waals surface area contributed by atoms with Gasteiger partial charge in [-0.05, 0) is 50.1 Å². The predicted molar refractivity (Wildman–Crippen MR) is 122 cm³/mol. The first kappa shape index (κ1) is 22.3. The molecular formula is C24H39N5O2. The zero-order valence-electron chi connectivity index (χ0n) is 19.3. The number of carbonyl (C=O) groups excluding carboxylic acids is 2. The van der Waals surface area contributed by atoms with Crippen LogP contribution in [0.1, 0.15) is 46.0 Å². The Balaban J connectivity index is 1.27. The minimum Gasteiger partial charge on any atom is -0.355 e. The largest absolute Gasteiger partial charge is 0.355 e. The van der Waals surface area contributed by atoms with Crippen molar-refractivity contribution in [3.63, 3.8) is 0 Å². The van der Waals surface area contributed by atoms with Crippen molar-refractivity contribution in [3.05, 3.63) is 12.2 Å². The number of hydrogen-bond acceptors (Lipinski definition) is 4. The van der Waals surface area contributed by atoms with Crippen molar-refractivity contribution < 1.29 is 9.59 Å². The molecule has 2 heterocycles. The Morgan fingerprint density at radius 2 is 1.68 bits per heavy atom. The summed E-state index contributed by atoms with van der Waals surface area (Å²) in [6.07, 6.45) is 10.2. The Bertz CT molecular complexity index is 693. The molecule has 0 aromatic heterocycles. The van der Waals surface area contributed by atoms with Crippen LogP contribution in [0.2, 0.25) is 0 Å². The molecule has 0 radical (unpaired) electrons. The second-order valence-corrected chi connectivity index (χ2v) is 9.59. The van der Waals surface area contributed by atoms with Crippen LogP contribution in [0.25, 0.3) is 0 Å². The van der Waals surface area contributed by atoms with Crippen LogP contribution in [-0.4, -0.2) is 73.4 Å². The summed E-state index contributed by atoms with van der Waals surface area (Å²) in [5, 5.41) is 6.83. The van der Waals surface area contributed by atoms with E-state index in [0.29, 0.717) is 25.0 Å². The molecule has 3 fully saturated rings. The standard InChI is InChI=1S/C24H39N5O2/c1-4-16(5-2)19(28-11-6-7-12-28)15-27-24(25-3)26-10-13-29-22(30)20-17-8-9-18(14-17)21(20)23(29)31/h8-9,16-21H,4-7,10-15H2,1-3H3,(H2,25,26,27). The zero-order chi connectivity index (χ0) is 22.0. The van der Waals surface area contributed by atoms with Gasteiger partial charge in [0.25, 0.3) is 0 Å². The van der Waals surface area contributed by atoms with Crippen LogP contribution in [0.3, 0.4) is 0 Å². The quantitative estimate of drug-likeness (QED) is 0.253. The van der Waals surface area contributed by atoms with E-state index in [1.807, 2.05) is 0 Å². The second-order valence-electron chi connectivity index (χ2n) is 9.59. The minimum absolute atomic E-state index is 0.0272. The minimum atomic E-state index is -0.110. The van der Waals surface area contributed by atoms with Gasteiger partial charge >= 0.3 is 0 Å². The molecule has 2 amide bonds. The van der Waals surface area contributed by atoms with Gasteiger partial charge in [-0.2, -0.15) is 0 Å². The maximum atomic E-state index is 12.8. The number of hydrogen-bond donors (Lipinski definition) is 2. The third kappa shape index (κ3) is 4.26. The van der Waals surface area contributed by atoms with Crippen molar-refractivity contribution in [2.45, 2.75) is 52.0 Å². The van der Waals surface area contributed by atoms with E-state index in [4.69, 9.17) is 0 Å². The van der Waals surface area contributed by atoms with Gasteiger partial charge in [0, 0.05) is 32.7 Å². The average Bonchev–Trinajstić information content (AvgIpc) is 3.57. The Kier molecular flexibility index (Phi) is 6.99. The van der Waals surface area contributed by atoms with Crippen molar-refractivity contribution in [1.29, 1.82) is 0 Å². The molecule has 0 aromatic rings. The summed E-state index contributed by atoms with van der Waals surface area (Å²) in [6, 6.07) is 0.514. The van der Waals surface area contributed by atoms with Gasteiger partial charge in [-0.15, -0.1) is 0 Å². The van der Waals surface area contributed by atoms with E-state index in [-0.39, 0.29) is 35.5 Å². The smallest absolute Gasteiger partial charge is 0.233 e. The summed E-state index contributed by atoms with van der Waals surface area (Å²) in [5.74, 6) is 1.79. The predicted octanol–water partition coefficient (Wildman–Crippen LogP) is 1.86. The van der Waals surface area contributed by atoms with Gasteiger partial charge in [0.1, 0.15) is 0 Å². The van der Waals surface area contributed by atoms with Crippen molar-refractivity contribution in [2.24, 2.45) is 34.6 Å². The topological polar surface area (TPSA) is 77.0 Å². The number of allylic oxidation sites excluding steroid dienone is 2. The van der Waals surface area contributed by atoms with Crippen LogP contribution in [0, 0.1) is 29.6 Å². The number of guanidine groups is 1. The van der Waals surface area contributed by atoms with E-state index >= 15 is 0 Å². The summed E-state index contributed by atoms with van der Waals surface area (Å²) in [6.45, 7) is 8.75. The molecule has 4 aliphatic rings. The Labute approximate surface area is 186 Å². The first-order valence-electron chi connectivity index (χ1n) is 12.3. The van der Waals surface area contributed by atoms with Crippen LogP contribution < -0.4 is 10.6 Å². The third-order valence-corrected chi connectivity index (χ3v) is 8.09. The molecule has 2 saturated heterocycles. The summed E-state index contributed by atoms with van der Waals surface area (Å²) < 4.78 is 0. The average molecular weight is 430 g/mol. The van der Waals surface area contributed by atoms with E-state index in [9.17, 15) is 9.59 Å². The molecule has 7 nitrogen and oxygen atoms in total. The molecule has 0 spiro atoms. The molecule has 4 rings (SSSR count). The molecule has 5 atom stereocenters. The number of imide groups is 1. The molecule has 172 valence electrons. The van der Waals surface area contributed by atoms with Gasteiger partial charge in [0.15, 0.2) is 5.96 Å². The van der Waals surface area contributed by atoms with E-state index in [2.05, 4.69) is 46.5 Å². The highest BCUT2D eigenvalue weighted by Crippen LogP contribution is 2.52. The second kappa shape index (κ2) is 9.72. The molecule has 2 aliphatic heterocycles. The maximum absolute atomic E-state index is 12.8. The van der Waals surface area contributed by atoms with Gasteiger partial charge in [-0.1, -0.05) is 38.8 Å². The normalized spacial score (nSPS) is 31.2. The first-order chi connectivity index (χ1) is 15.1. The Hall–Kier alpha value is -1.89. The van der Waals surface area contributed by atoms with E-state index in [1.165, 1.54) is 43.7 Å². The number of carbonyl (C=O) groups is 2. The number of rotatable bonds is 9. The van der Waals surface area contributed by atoms with Gasteiger partial charge in [0.2, 0.25) is 11.8 Å². The Morgan fingerprint density at radius 3 is 2.23 bits per heavy atom. The van der Waals surface area contributed by atoms with Crippen LogP contribution in [-0.2, 0) is 9.59 Å². The van der Waals surface area contributed by atoms with Crippen molar-refractivity contribution in [3.8, 4) is 0 Å². The maximum Gasteiger partial charge on any atom is 0.233 e. The number of amides is 2. The molecule has 7 heteroatoms. The summed E-state index contributed by atoms with van der Waals surface area (Å²) >= 11 is 0. The van der Waals surface area contributed by atoms with Crippen molar-refractivity contribution in [2.75, 3.05) is 39.8 Å². The van der Waals surface area contributed by atoms with E-state index < -0.39 is 0 Å². The molecule has 5 unspecified atom stereocenters. The number of nitrogens with zero attached hydrogens (tertiary/aromatic N) is 3. The molecule has 2 N–H and O–H groups in total. The van der Waals surface area contributed by atoms with E-state index in [1.54, 1.807) is 7.05 Å². The van der Waals surface area contributed by atoms with Crippen molar-refractivity contribution >= 4 is 17.8 Å². The van der Waals surface area contributed by atoms with Gasteiger partial charge in [-0.3, -0.25) is 24.4 Å². The lowest BCUT2D eigenvalue weighted by Gasteiger charge is -2.34. The van der Waals surface area contributed by atoms with Crippen LogP contribution in [0.15, 0.2) is 17.1 Å². The molecule has 31 heavy (non-hydrogen) atoms. The van der Waals surface area contributed by atoms with Gasteiger partial charge in [0.05, 0.1) is 11.8 Å². The van der Waals surface area contributed by atoms with Crippen LogP contribution >= 0.6 is 0 Å². The number of fused-ring (bicyclic) bond motifs is 5. The molecule has 2 aliphatic carbocycles. The zero-order valence-corrected chi connectivity index (χ0v) is 19.3. The molecular weight excluding hydrogens is 390 g/mol. The van der Waals surface area contributed by atoms with Gasteiger partial charge in [-0.25, -0.2) is 0 Å². The summed E-state index contributed by atoms with van der Waals surface area (Å²) in [7, 11) is 1.78. The fourth-order valence-corrected chi connectivity index (χ4v) is 6.39. The third-order valence-electron chi connectivity index (χ3n) is 8.09. The molecule has 0 aromatic carbocycles. The fraction of sp³-hybridized carbons (Fsp3) is 0.792. The summed E-state index contributed by atoms with van der Waals surface area (Å²) in [5.41, 5.74) is 0. The van der Waals surface area contributed by atoms with E-state index in [0.717, 1.165) is 18.9 Å². The highest BCUT2D eigenvalue weighted by molar-refractivity contribution is 6.06. The van der Waals surface area contributed by atoms with Crippen LogP contribution in [0.5, 0.6) is 0 Å². The SMILES string of the molecule is CCC(CC)C(CNC(=NC)NCCN1C(=O)C2C3C=CC(C3)C2C1=O)N1CCCC1. The number of likely N-dealkylation sites (tertiary alicyclic amines) is 2. The number of nitrogens with one attached hydrogen (secondary N) is 2. The van der Waals surface area contributed by atoms with Crippen molar-refractivity contribution in [1.82, 2.24) is 20.4 Å². The summed E-state index contributed by atoms with van der Waals surface area (Å²) in [4.78, 5) is 34.1.